The van der Waals surface area contributed by atoms with Gasteiger partial charge in [-0.2, -0.15) is 0 Å². The minimum absolute atomic E-state index is 0. The second-order valence-electron chi connectivity index (χ2n) is 7.16. The summed E-state index contributed by atoms with van der Waals surface area (Å²) < 4.78 is 0. The molecular formula is C31H55NS. The third-order valence-corrected chi connectivity index (χ3v) is 4.95. The molecule has 2 heteroatoms. The van der Waals surface area contributed by atoms with Crippen LogP contribution in [0.4, 0.5) is 0 Å². The van der Waals surface area contributed by atoms with Gasteiger partial charge in [-0.05, 0) is 23.0 Å². The molecule has 0 radical (unpaired) electrons. The molecule has 0 spiro atoms. The lowest BCUT2D eigenvalue weighted by Gasteiger charge is -2.01. The summed E-state index contributed by atoms with van der Waals surface area (Å²) in [6, 6.07) is 21.0. The maximum atomic E-state index is 4.13. The van der Waals surface area contributed by atoms with Gasteiger partial charge in [0, 0.05) is 17.5 Å². The largest absolute Gasteiger partial charge is 0.249 e. The van der Waals surface area contributed by atoms with Gasteiger partial charge in [0.2, 0.25) is 0 Å². The minimum Gasteiger partial charge on any atom is -0.249 e. The predicted molar refractivity (Wildman–Crippen MR) is 158 cm³/mol. The lowest BCUT2D eigenvalue weighted by Crippen LogP contribution is -1.83. The molecule has 190 valence electrons. The van der Waals surface area contributed by atoms with Crippen LogP contribution in [0.15, 0.2) is 72.2 Å². The van der Waals surface area contributed by atoms with E-state index in [0.29, 0.717) is 17.8 Å². The Hall–Kier alpha value is -1.93. The highest BCUT2D eigenvalue weighted by Crippen LogP contribution is 2.15. The monoisotopic (exact) mass is 473 g/mol. The Balaban J connectivity index is -0.000000169. The molecule has 0 fully saturated rings. The molecule has 0 N–H and O–H groups in total. The molecule has 0 amide bonds. The Morgan fingerprint density at radius 2 is 0.879 bits per heavy atom. The zero-order valence-electron chi connectivity index (χ0n) is 23.0. The first-order valence-electron chi connectivity index (χ1n) is 12.4. The standard InChI is InChI=1S/2C9H12.C6H9NS.3C2H6.CH4/c2*1-8(2)9-6-4-3-5-7-9;1-5(2)6-7-3-4-8-6;3*1-2;/h2*3-8H,1-2H3;3-5H,1-2H3;3*1-2H3;1H4. The van der Waals surface area contributed by atoms with Gasteiger partial charge in [0.25, 0.3) is 0 Å². The Labute approximate surface area is 212 Å². The average Bonchev–Trinajstić information content (AvgIpc) is 3.41. The first kappa shape index (κ1) is 38.3. The van der Waals surface area contributed by atoms with Crippen molar-refractivity contribution >= 4 is 11.3 Å². The van der Waals surface area contributed by atoms with E-state index in [-0.39, 0.29) is 7.43 Å². The molecule has 0 atom stereocenters. The number of hydrogen-bond donors (Lipinski definition) is 0. The van der Waals surface area contributed by atoms with Crippen LogP contribution in [0.5, 0.6) is 0 Å². The van der Waals surface area contributed by atoms with Crippen LogP contribution < -0.4 is 0 Å². The molecule has 0 saturated carbocycles. The SMILES string of the molecule is C.CC.CC.CC.CC(C)c1ccccc1.CC(C)c1ccccc1.CC(C)c1nccs1. The second kappa shape index (κ2) is 28.1. The van der Waals surface area contributed by atoms with Crippen molar-refractivity contribution in [3.8, 4) is 0 Å². The zero-order chi connectivity index (χ0) is 25.4. The van der Waals surface area contributed by atoms with Gasteiger partial charge in [0.05, 0.1) is 5.01 Å². The fourth-order valence-corrected chi connectivity index (χ4v) is 2.85. The van der Waals surface area contributed by atoms with Crippen LogP contribution in [0.25, 0.3) is 0 Å². The van der Waals surface area contributed by atoms with Crippen molar-refractivity contribution in [1.82, 2.24) is 4.98 Å². The summed E-state index contributed by atoms with van der Waals surface area (Å²) >= 11 is 1.72. The average molecular weight is 474 g/mol. The molecule has 2 aromatic carbocycles. The van der Waals surface area contributed by atoms with Crippen LogP contribution in [-0.2, 0) is 0 Å². The molecule has 1 heterocycles. The molecule has 0 aliphatic heterocycles. The predicted octanol–water partition coefficient (Wildman–Crippen LogP) is 11.6. The van der Waals surface area contributed by atoms with E-state index < -0.39 is 0 Å². The quantitative estimate of drug-likeness (QED) is 0.368. The van der Waals surface area contributed by atoms with Crippen molar-refractivity contribution in [2.24, 2.45) is 0 Å². The van der Waals surface area contributed by atoms with Gasteiger partial charge in [-0.1, -0.05) is 151 Å². The summed E-state index contributed by atoms with van der Waals surface area (Å²) in [5.41, 5.74) is 2.83. The van der Waals surface area contributed by atoms with Gasteiger partial charge in [0.1, 0.15) is 0 Å². The van der Waals surface area contributed by atoms with Crippen molar-refractivity contribution in [3.05, 3.63) is 88.4 Å². The number of benzene rings is 2. The van der Waals surface area contributed by atoms with E-state index in [1.165, 1.54) is 16.1 Å². The van der Waals surface area contributed by atoms with E-state index in [0.717, 1.165) is 0 Å². The van der Waals surface area contributed by atoms with E-state index in [2.05, 4.69) is 95.1 Å². The van der Waals surface area contributed by atoms with Crippen molar-refractivity contribution < 1.29 is 0 Å². The summed E-state index contributed by atoms with van der Waals surface area (Å²) in [6.07, 6.45) is 1.85. The van der Waals surface area contributed by atoms with Gasteiger partial charge in [0.15, 0.2) is 0 Å². The fraction of sp³-hybridized carbons (Fsp3) is 0.516. The van der Waals surface area contributed by atoms with Crippen molar-refractivity contribution in [3.63, 3.8) is 0 Å². The van der Waals surface area contributed by atoms with Gasteiger partial charge in [-0.25, -0.2) is 4.98 Å². The minimum atomic E-state index is 0. The summed E-state index contributed by atoms with van der Waals surface area (Å²) in [5.74, 6) is 1.91. The lowest BCUT2D eigenvalue weighted by molar-refractivity contribution is 0.852. The summed E-state index contributed by atoms with van der Waals surface area (Å²) in [7, 11) is 0. The fourth-order valence-electron chi connectivity index (χ4n) is 2.20. The molecule has 0 aliphatic carbocycles. The molecule has 33 heavy (non-hydrogen) atoms. The number of nitrogens with zero attached hydrogens (tertiary/aromatic N) is 1. The Bertz CT molecular complexity index is 628. The third-order valence-electron chi connectivity index (χ3n) is 3.88. The van der Waals surface area contributed by atoms with Crippen molar-refractivity contribution in [1.29, 1.82) is 0 Å². The summed E-state index contributed by atoms with van der Waals surface area (Å²) in [4.78, 5) is 4.13. The molecule has 0 unspecified atom stereocenters. The van der Waals surface area contributed by atoms with Gasteiger partial charge >= 0.3 is 0 Å². The van der Waals surface area contributed by atoms with Crippen LogP contribution in [0.1, 0.15) is 124 Å². The number of hydrogen-bond acceptors (Lipinski definition) is 2. The maximum absolute atomic E-state index is 4.13. The smallest absolute Gasteiger partial charge is 0.0950 e. The van der Waals surface area contributed by atoms with E-state index in [9.17, 15) is 0 Å². The molecule has 0 saturated heterocycles. The van der Waals surface area contributed by atoms with Gasteiger partial charge < -0.3 is 0 Å². The molecule has 3 aromatic rings. The summed E-state index contributed by atoms with van der Waals surface area (Å²) in [6.45, 7) is 25.1. The van der Waals surface area contributed by atoms with Crippen molar-refractivity contribution in [2.75, 3.05) is 0 Å². The van der Waals surface area contributed by atoms with Crippen LogP contribution in [0.2, 0.25) is 0 Å². The van der Waals surface area contributed by atoms with Crippen LogP contribution >= 0.6 is 11.3 Å². The zero-order valence-corrected chi connectivity index (χ0v) is 23.8. The Morgan fingerprint density at radius 3 is 1.03 bits per heavy atom. The normalized spacial score (nSPS) is 8.58. The first-order chi connectivity index (χ1) is 15.4. The van der Waals surface area contributed by atoms with Crippen LogP contribution in [0, 0.1) is 0 Å². The highest BCUT2D eigenvalue weighted by molar-refractivity contribution is 7.09. The van der Waals surface area contributed by atoms with Crippen LogP contribution in [-0.4, -0.2) is 4.98 Å². The molecular weight excluding hydrogens is 418 g/mol. The topological polar surface area (TPSA) is 12.9 Å². The highest BCUT2D eigenvalue weighted by atomic mass is 32.1. The molecule has 1 nitrogen and oxygen atoms in total. The van der Waals surface area contributed by atoms with Gasteiger partial charge in [-0.3, -0.25) is 0 Å². The van der Waals surface area contributed by atoms with E-state index >= 15 is 0 Å². The third kappa shape index (κ3) is 21.7. The number of rotatable bonds is 3. The number of aromatic nitrogens is 1. The van der Waals surface area contributed by atoms with Gasteiger partial charge in [-0.15, -0.1) is 11.3 Å². The van der Waals surface area contributed by atoms with E-state index in [1.54, 1.807) is 11.3 Å². The first-order valence-corrected chi connectivity index (χ1v) is 13.3. The maximum Gasteiger partial charge on any atom is 0.0950 e. The van der Waals surface area contributed by atoms with Crippen LogP contribution in [0.3, 0.4) is 0 Å². The second-order valence-corrected chi connectivity index (χ2v) is 8.08. The Morgan fingerprint density at radius 1 is 0.545 bits per heavy atom. The molecule has 1 aromatic heterocycles. The van der Waals surface area contributed by atoms with E-state index in [1.807, 2.05) is 65.3 Å². The summed E-state index contributed by atoms with van der Waals surface area (Å²) in [5, 5.41) is 3.24. The van der Waals surface area contributed by atoms with E-state index in [4.69, 9.17) is 0 Å². The Kier molecular flexibility index (Phi) is 32.6. The molecule has 3 rings (SSSR count). The molecule has 0 aliphatic rings. The molecule has 0 bridgehead atoms. The number of thiazole rings is 1. The lowest BCUT2D eigenvalue weighted by atomic mass is 10.0. The highest BCUT2D eigenvalue weighted by Gasteiger charge is 1.98. The van der Waals surface area contributed by atoms with Crippen molar-refractivity contribution in [2.45, 2.75) is 108 Å².